The van der Waals surface area contributed by atoms with Crippen LogP contribution in [-0.4, -0.2) is 11.8 Å². The van der Waals surface area contributed by atoms with Crippen molar-refractivity contribution in [3.63, 3.8) is 0 Å². The fraction of sp³-hybridized carbons (Fsp3) is 0.286. The van der Waals surface area contributed by atoms with Crippen molar-refractivity contribution in [1.29, 1.82) is 0 Å². The Morgan fingerprint density at radius 3 is 3.20 bits per heavy atom. The first kappa shape index (κ1) is 7.35. The highest BCUT2D eigenvalue weighted by atomic mass is 35.5. The summed E-state index contributed by atoms with van der Waals surface area (Å²) in [4.78, 5) is 10.7. The molecule has 54 valence electrons. The Hall–Kier alpha value is -0.760. The molecule has 0 aliphatic carbocycles. The Morgan fingerprint density at radius 1 is 1.70 bits per heavy atom. The molecule has 1 aliphatic rings. The predicted octanol–water partition coefficient (Wildman–Crippen LogP) is 1.19. The molecule has 1 heterocycles. The molecule has 0 spiro atoms. The number of carbonyl (C=O) groups excluding carboxylic acids is 1. The van der Waals surface area contributed by atoms with Gasteiger partial charge < -0.3 is 5.32 Å². The van der Waals surface area contributed by atoms with E-state index < -0.39 is 0 Å². The van der Waals surface area contributed by atoms with Crippen molar-refractivity contribution in [2.24, 2.45) is 0 Å². The van der Waals surface area contributed by atoms with Gasteiger partial charge >= 0.3 is 0 Å². The Bertz CT molecular complexity index is 196. The van der Waals surface area contributed by atoms with E-state index in [4.69, 9.17) is 11.6 Å². The van der Waals surface area contributed by atoms with E-state index in [0.717, 1.165) is 5.57 Å². The molecule has 0 aromatic rings. The molecule has 1 N–H and O–H groups in total. The molecule has 0 bridgehead atoms. The van der Waals surface area contributed by atoms with Gasteiger partial charge in [-0.05, 0) is 5.57 Å². The molecular formula is C7H8ClNO. The highest BCUT2D eigenvalue weighted by Gasteiger charge is 1.99. The number of hydrogen-bond acceptors (Lipinski definition) is 1. The molecule has 0 saturated carbocycles. The second-order valence-electron chi connectivity index (χ2n) is 2.03. The Kier molecular flexibility index (Phi) is 2.51. The maximum atomic E-state index is 10.7. The van der Waals surface area contributed by atoms with E-state index in [2.05, 4.69) is 5.32 Å². The molecular weight excluding hydrogens is 150 g/mol. The van der Waals surface area contributed by atoms with Gasteiger partial charge in [0.15, 0.2) is 0 Å². The first-order chi connectivity index (χ1) is 4.83. The van der Waals surface area contributed by atoms with Gasteiger partial charge in [0.1, 0.15) is 0 Å². The largest absolute Gasteiger partial charge is 0.332 e. The van der Waals surface area contributed by atoms with Crippen LogP contribution in [0.5, 0.6) is 0 Å². The number of halogens is 1. The summed E-state index contributed by atoms with van der Waals surface area (Å²) >= 11 is 5.53. The minimum atomic E-state index is 0.0105. The third-order valence-corrected chi connectivity index (χ3v) is 1.52. The van der Waals surface area contributed by atoms with E-state index in [0.29, 0.717) is 12.3 Å². The van der Waals surface area contributed by atoms with Crippen molar-refractivity contribution < 1.29 is 4.79 Å². The van der Waals surface area contributed by atoms with Crippen molar-refractivity contribution in [1.82, 2.24) is 5.32 Å². The van der Waals surface area contributed by atoms with Crippen molar-refractivity contribution >= 4 is 17.5 Å². The normalized spacial score (nSPS) is 17.7. The Balaban J connectivity index is 2.66. The van der Waals surface area contributed by atoms with Crippen LogP contribution in [-0.2, 0) is 4.79 Å². The zero-order chi connectivity index (χ0) is 7.40. The van der Waals surface area contributed by atoms with Crippen molar-refractivity contribution in [3.05, 3.63) is 23.9 Å². The molecule has 0 radical (unpaired) electrons. The molecule has 0 atom stereocenters. The summed E-state index contributed by atoms with van der Waals surface area (Å²) in [5.74, 6) is 0.452. The van der Waals surface area contributed by atoms with Crippen LogP contribution in [0.3, 0.4) is 0 Å². The number of carbonyl (C=O) groups is 1. The quantitative estimate of drug-likeness (QED) is 0.570. The van der Waals surface area contributed by atoms with Gasteiger partial charge in [-0.1, -0.05) is 12.2 Å². The average molecular weight is 158 g/mol. The maximum Gasteiger partial charge on any atom is 0.227 e. The summed E-state index contributed by atoms with van der Waals surface area (Å²) in [7, 11) is 0. The summed E-state index contributed by atoms with van der Waals surface area (Å²) < 4.78 is 0. The van der Waals surface area contributed by atoms with Crippen LogP contribution < -0.4 is 5.32 Å². The number of allylic oxidation sites excluding steroid dienone is 2. The molecule has 0 unspecified atom stereocenters. The van der Waals surface area contributed by atoms with Gasteiger partial charge in [-0.2, -0.15) is 0 Å². The standard InChI is InChI=1S/C7H8ClNO/c8-4-6-2-1-3-7(10)9-5-6/h1-2,5H,3-4H2,(H,9,10). The lowest BCUT2D eigenvalue weighted by Gasteiger charge is -1.92. The van der Waals surface area contributed by atoms with Crippen LogP contribution in [0.1, 0.15) is 6.42 Å². The maximum absolute atomic E-state index is 10.7. The number of hydrogen-bond donors (Lipinski definition) is 1. The van der Waals surface area contributed by atoms with Gasteiger partial charge in [-0.25, -0.2) is 0 Å². The van der Waals surface area contributed by atoms with Gasteiger partial charge in [-0.15, -0.1) is 11.6 Å². The van der Waals surface area contributed by atoms with Crippen LogP contribution in [0.2, 0.25) is 0 Å². The summed E-state index contributed by atoms with van der Waals surface area (Å²) in [6.45, 7) is 0. The molecule has 0 fully saturated rings. The number of amides is 1. The molecule has 1 aliphatic heterocycles. The Morgan fingerprint density at radius 2 is 2.50 bits per heavy atom. The minimum Gasteiger partial charge on any atom is -0.332 e. The highest BCUT2D eigenvalue weighted by molar-refractivity contribution is 6.19. The smallest absolute Gasteiger partial charge is 0.227 e. The molecule has 0 aromatic heterocycles. The summed E-state index contributed by atoms with van der Waals surface area (Å²) in [5.41, 5.74) is 0.938. The van der Waals surface area contributed by atoms with Crippen LogP contribution in [0, 0.1) is 0 Å². The van der Waals surface area contributed by atoms with Crippen LogP contribution in [0.4, 0.5) is 0 Å². The first-order valence-electron chi connectivity index (χ1n) is 3.04. The van der Waals surface area contributed by atoms with Crippen molar-refractivity contribution in [2.75, 3.05) is 5.88 Å². The fourth-order valence-corrected chi connectivity index (χ4v) is 0.847. The molecule has 1 amide bonds. The first-order valence-corrected chi connectivity index (χ1v) is 3.57. The highest BCUT2D eigenvalue weighted by Crippen LogP contribution is 2.02. The van der Waals surface area contributed by atoms with Crippen molar-refractivity contribution in [3.8, 4) is 0 Å². The molecule has 0 aromatic carbocycles. The number of nitrogens with one attached hydrogen (secondary N) is 1. The van der Waals surface area contributed by atoms with Crippen molar-refractivity contribution in [2.45, 2.75) is 6.42 Å². The predicted molar refractivity (Wildman–Crippen MR) is 40.7 cm³/mol. The number of alkyl halides is 1. The van der Waals surface area contributed by atoms with Gasteiger partial charge in [0.05, 0.1) is 0 Å². The summed E-state index contributed by atoms with van der Waals surface area (Å²) in [5, 5.41) is 2.60. The zero-order valence-electron chi connectivity index (χ0n) is 5.43. The fourth-order valence-electron chi connectivity index (χ4n) is 0.681. The van der Waals surface area contributed by atoms with Gasteiger partial charge in [0, 0.05) is 18.5 Å². The molecule has 0 saturated heterocycles. The zero-order valence-corrected chi connectivity index (χ0v) is 6.19. The Labute approximate surface area is 64.6 Å². The van der Waals surface area contributed by atoms with E-state index >= 15 is 0 Å². The van der Waals surface area contributed by atoms with Crippen LogP contribution >= 0.6 is 11.6 Å². The lowest BCUT2D eigenvalue weighted by Crippen LogP contribution is -2.14. The second-order valence-corrected chi connectivity index (χ2v) is 2.29. The van der Waals surface area contributed by atoms with E-state index in [9.17, 15) is 4.79 Å². The van der Waals surface area contributed by atoms with E-state index in [1.165, 1.54) is 0 Å². The molecule has 1 rings (SSSR count). The molecule has 10 heavy (non-hydrogen) atoms. The third kappa shape index (κ3) is 1.88. The topological polar surface area (TPSA) is 29.1 Å². The van der Waals surface area contributed by atoms with Gasteiger partial charge in [0.2, 0.25) is 5.91 Å². The van der Waals surface area contributed by atoms with E-state index in [1.807, 2.05) is 6.08 Å². The number of rotatable bonds is 1. The monoisotopic (exact) mass is 157 g/mol. The SMILES string of the molecule is O=C1CC=CC(CCl)=CN1. The van der Waals surface area contributed by atoms with E-state index in [-0.39, 0.29) is 5.91 Å². The summed E-state index contributed by atoms with van der Waals surface area (Å²) in [6, 6.07) is 0. The van der Waals surface area contributed by atoms with E-state index in [1.54, 1.807) is 12.3 Å². The molecule has 2 nitrogen and oxygen atoms in total. The summed E-state index contributed by atoms with van der Waals surface area (Å²) in [6.07, 6.45) is 5.73. The average Bonchev–Trinajstić information content (AvgIpc) is 2.14. The van der Waals surface area contributed by atoms with Crippen LogP contribution in [0.15, 0.2) is 23.9 Å². The lowest BCUT2D eigenvalue weighted by atomic mass is 10.3. The minimum absolute atomic E-state index is 0.0105. The third-order valence-electron chi connectivity index (χ3n) is 1.21. The second kappa shape index (κ2) is 3.42. The van der Waals surface area contributed by atoms with Crippen LogP contribution in [0.25, 0.3) is 0 Å². The lowest BCUT2D eigenvalue weighted by molar-refractivity contribution is -0.119. The molecule has 3 heteroatoms. The van der Waals surface area contributed by atoms with Gasteiger partial charge in [0.25, 0.3) is 0 Å². The van der Waals surface area contributed by atoms with Gasteiger partial charge in [-0.3, -0.25) is 4.79 Å².